The Morgan fingerprint density at radius 2 is 1.69 bits per heavy atom. The third-order valence-corrected chi connectivity index (χ3v) is 5.35. The van der Waals surface area contributed by atoms with E-state index < -0.39 is 0 Å². The summed E-state index contributed by atoms with van der Waals surface area (Å²) in [4.78, 5) is 16.9. The van der Waals surface area contributed by atoms with Gasteiger partial charge in [-0.1, -0.05) is 18.2 Å². The van der Waals surface area contributed by atoms with Crippen molar-refractivity contribution in [3.05, 3.63) is 72.6 Å². The lowest BCUT2D eigenvalue weighted by Crippen LogP contribution is -2.48. The van der Waals surface area contributed by atoms with Crippen molar-refractivity contribution in [2.75, 3.05) is 38.2 Å². The molecule has 4 rings (SSSR count). The molecule has 29 heavy (non-hydrogen) atoms. The molecule has 0 aliphatic carbocycles. The molecule has 6 heteroatoms. The first-order valence-electron chi connectivity index (χ1n) is 9.99. The largest absolute Gasteiger partial charge is 0.497 e. The lowest BCUT2D eigenvalue weighted by molar-refractivity contribution is -0.131. The van der Waals surface area contributed by atoms with Crippen LogP contribution in [0.3, 0.4) is 0 Å². The summed E-state index contributed by atoms with van der Waals surface area (Å²) < 4.78 is 7.07. The van der Waals surface area contributed by atoms with Gasteiger partial charge in [-0.2, -0.15) is 5.10 Å². The number of piperazine rings is 1. The maximum atomic E-state index is 12.6. The fourth-order valence-corrected chi connectivity index (χ4v) is 3.63. The molecule has 0 N–H and O–H groups in total. The number of aryl methyl sites for hydroxylation is 1. The Hall–Kier alpha value is -3.28. The van der Waals surface area contributed by atoms with Gasteiger partial charge in [-0.25, -0.2) is 4.68 Å². The van der Waals surface area contributed by atoms with Gasteiger partial charge in [0.1, 0.15) is 5.75 Å². The Bertz CT molecular complexity index is 929. The quantitative estimate of drug-likeness (QED) is 0.649. The predicted molar refractivity (Wildman–Crippen MR) is 114 cm³/mol. The third-order valence-electron chi connectivity index (χ3n) is 5.35. The van der Waals surface area contributed by atoms with E-state index in [0.717, 1.165) is 43.2 Å². The van der Waals surface area contributed by atoms with Crippen LogP contribution in [0.15, 0.2) is 67.0 Å². The number of anilines is 1. The van der Waals surface area contributed by atoms with Gasteiger partial charge in [0.2, 0.25) is 5.91 Å². The van der Waals surface area contributed by atoms with Gasteiger partial charge < -0.3 is 14.5 Å². The molecule has 1 fully saturated rings. The van der Waals surface area contributed by atoms with Crippen molar-refractivity contribution in [2.45, 2.75) is 12.8 Å². The molecule has 1 aliphatic heterocycles. The van der Waals surface area contributed by atoms with E-state index in [-0.39, 0.29) is 5.91 Å². The second-order valence-corrected chi connectivity index (χ2v) is 7.19. The summed E-state index contributed by atoms with van der Waals surface area (Å²) in [6.45, 7) is 3.22. The minimum Gasteiger partial charge on any atom is -0.497 e. The Kier molecular flexibility index (Phi) is 5.79. The molecule has 2 heterocycles. The van der Waals surface area contributed by atoms with Crippen LogP contribution in [0.4, 0.5) is 5.69 Å². The molecule has 0 radical (unpaired) electrons. The molecule has 6 nitrogen and oxygen atoms in total. The van der Waals surface area contributed by atoms with E-state index in [4.69, 9.17) is 4.74 Å². The van der Waals surface area contributed by atoms with Crippen LogP contribution in [-0.4, -0.2) is 53.9 Å². The molecule has 1 aromatic heterocycles. The first kappa shape index (κ1) is 19.1. The SMILES string of the molecule is COc1ccc(N2CCN(C(=O)CCc3cnn(-c4ccccc4)c3)CC2)cc1. The molecule has 0 unspecified atom stereocenters. The summed E-state index contributed by atoms with van der Waals surface area (Å²) in [5.41, 5.74) is 3.28. The molecule has 2 aromatic carbocycles. The predicted octanol–water partition coefficient (Wildman–Crippen LogP) is 3.16. The number of amides is 1. The molecule has 0 saturated carbocycles. The highest BCUT2D eigenvalue weighted by atomic mass is 16.5. The average Bonchev–Trinajstić information content (AvgIpc) is 3.27. The number of nitrogens with zero attached hydrogens (tertiary/aromatic N) is 4. The van der Waals surface area contributed by atoms with E-state index in [0.29, 0.717) is 12.8 Å². The maximum Gasteiger partial charge on any atom is 0.223 e. The van der Waals surface area contributed by atoms with Crippen molar-refractivity contribution in [3.8, 4) is 11.4 Å². The van der Waals surface area contributed by atoms with Gasteiger partial charge >= 0.3 is 0 Å². The van der Waals surface area contributed by atoms with E-state index in [1.807, 2.05) is 64.4 Å². The van der Waals surface area contributed by atoms with Crippen molar-refractivity contribution in [1.82, 2.24) is 14.7 Å². The van der Waals surface area contributed by atoms with Crippen molar-refractivity contribution >= 4 is 11.6 Å². The summed E-state index contributed by atoms with van der Waals surface area (Å²) in [7, 11) is 1.67. The fourth-order valence-electron chi connectivity index (χ4n) is 3.63. The Morgan fingerprint density at radius 3 is 2.38 bits per heavy atom. The lowest BCUT2D eigenvalue weighted by Gasteiger charge is -2.36. The molecular weight excluding hydrogens is 364 g/mol. The molecular formula is C23H26N4O2. The number of ether oxygens (including phenoxy) is 1. The number of carbonyl (C=O) groups excluding carboxylic acids is 1. The number of benzene rings is 2. The van der Waals surface area contributed by atoms with Crippen LogP contribution in [0, 0.1) is 0 Å². The molecule has 0 atom stereocenters. The molecule has 1 saturated heterocycles. The number of carbonyl (C=O) groups is 1. The number of hydrogen-bond donors (Lipinski definition) is 0. The highest BCUT2D eigenvalue weighted by Crippen LogP contribution is 2.21. The molecule has 0 spiro atoms. The highest BCUT2D eigenvalue weighted by Gasteiger charge is 2.21. The fraction of sp³-hybridized carbons (Fsp3) is 0.304. The van der Waals surface area contributed by atoms with Crippen molar-refractivity contribution in [3.63, 3.8) is 0 Å². The summed E-state index contributed by atoms with van der Waals surface area (Å²) >= 11 is 0. The highest BCUT2D eigenvalue weighted by molar-refractivity contribution is 5.76. The Balaban J connectivity index is 1.26. The molecule has 0 bridgehead atoms. The summed E-state index contributed by atoms with van der Waals surface area (Å²) in [6.07, 6.45) is 5.08. The van der Waals surface area contributed by atoms with Crippen LogP contribution in [0.1, 0.15) is 12.0 Å². The van der Waals surface area contributed by atoms with Crippen LogP contribution >= 0.6 is 0 Å². The van der Waals surface area contributed by atoms with Gasteiger partial charge in [-0.3, -0.25) is 4.79 Å². The normalized spacial score (nSPS) is 14.1. The van der Waals surface area contributed by atoms with Crippen LogP contribution in [-0.2, 0) is 11.2 Å². The van der Waals surface area contributed by atoms with E-state index in [1.54, 1.807) is 7.11 Å². The van der Waals surface area contributed by atoms with Crippen LogP contribution in [0.5, 0.6) is 5.75 Å². The molecule has 3 aromatic rings. The number of rotatable bonds is 6. The van der Waals surface area contributed by atoms with Crippen molar-refractivity contribution in [1.29, 1.82) is 0 Å². The lowest BCUT2D eigenvalue weighted by atomic mass is 10.1. The van der Waals surface area contributed by atoms with Gasteiger partial charge in [0.25, 0.3) is 0 Å². The smallest absolute Gasteiger partial charge is 0.223 e. The number of para-hydroxylation sites is 1. The number of hydrogen-bond acceptors (Lipinski definition) is 4. The van der Waals surface area contributed by atoms with Crippen molar-refractivity contribution < 1.29 is 9.53 Å². The second kappa shape index (κ2) is 8.82. The second-order valence-electron chi connectivity index (χ2n) is 7.19. The third kappa shape index (κ3) is 4.59. The standard InChI is InChI=1S/C23H26N4O2/c1-29-22-10-8-20(9-11-22)25-13-15-26(16-14-25)23(28)12-7-19-17-24-27(18-19)21-5-3-2-4-6-21/h2-6,8-11,17-18H,7,12-16H2,1H3. The molecule has 1 amide bonds. The first-order chi connectivity index (χ1) is 14.2. The topological polar surface area (TPSA) is 50.6 Å². The summed E-state index contributed by atoms with van der Waals surface area (Å²) in [5, 5.41) is 4.41. The zero-order valence-electron chi connectivity index (χ0n) is 16.7. The Morgan fingerprint density at radius 1 is 0.966 bits per heavy atom. The van der Waals surface area contributed by atoms with Gasteiger partial charge in [0.05, 0.1) is 19.0 Å². The maximum absolute atomic E-state index is 12.6. The van der Waals surface area contributed by atoms with E-state index >= 15 is 0 Å². The molecule has 1 aliphatic rings. The van der Waals surface area contributed by atoms with Gasteiger partial charge in [0, 0.05) is 44.5 Å². The first-order valence-corrected chi connectivity index (χ1v) is 9.99. The van der Waals surface area contributed by atoms with E-state index in [1.165, 1.54) is 5.69 Å². The van der Waals surface area contributed by atoms with Crippen molar-refractivity contribution in [2.24, 2.45) is 0 Å². The number of methoxy groups -OCH3 is 1. The van der Waals surface area contributed by atoms with E-state index in [9.17, 15) is 4.79 Å². The average molecular weight is 390 g/mol. The van der Waals surface area contributed by atoms with Gasteiger partial charge in [0.15, 0.2) is 0 Å². The molecule has 150 valence electrons. The Labute approximate surface area is 171 Å². The summed E-state index contributed by atoms with van der Waals surface area (Å²) in [6, 6.07) is 18.1. The van der Waals surface area contributed by atoms with Gasteiger partial charge in [-0.05, 0) is 48.4 Å². The van der Waals surface area contributed by atoms with Crippen LogP contribution in [0.2, 0.25) is 0 Å². The minimum atomic E-state index is 0.215. The van der Waals surface area contributed by atoms with Gasteiger partial charge in [-0.15, -0.1) is 0 Å². The number of aromatic nitrogens is 2. The monoisotopic (exact) mass is 390 g/mol. The zero-order valence-corrected chi connectivity index (χ0v) is 16.7. The minimum absolute atomic E-state index is 0.215. The van der Waals surface area contributed by atoms with Crippen LogP contribution < -0.4 is 9.64 Å². The summed E-state index contributed by atoms with van der Waals surface area (Å²) in [5.74, 6) is 1.07. The zero-order chi connectivity index (χ0) is 20.1. The van der Waals surface area contributed by atoms with Crippen LogP contribution in [0.25, 0.3) is 5.69 Å². The van der Waals surface area contributed by atoms with E-state index in [2.05, 4.69) is 22.1 Å².